The molecule has 1 heterocycles. The van der Waals surface area contributed by atoms with Gasteiger partial charge in [-0.1, -0.05) is 45.6 Å². The lowest BCUT2D eigenvalue weighted by molar-refractivity contribution is -0.140. The number of likely N-dealkylation sites (tertiary alicyclic amines) is 1. The van der Waals surface area contributed by atoms with Crippen molar-refractivity contribution in [2.75, 3.05) is 39.4 Å². The van der Waals surface area contributed by atoms with Crippen molar-refractivity contribution >= 4 is 17.4 Å². The summed E-state index contributed by atoms with van der Waals surface area (Å²) >= 11 is 0. The molecule has 1 atom stereocenters. The second-order valence-electron chi connectivity index (χ2n) is 8.92. The number of nitrogens with zero attached hydrogens (tertiary/aromatic N) is 2. The normalized spacial score (nSPS) is 16.9. The second kappa shape index (κ2) is 13.7. The molecule has 2 aromatic carbocycles. The quantitative estimate of drug-likeness (QED) is 0.164. The molecule has 0 aromatic heterocycles. The number of rotatable bonds is 14. The average molecular weight is 507 g/mol. The Labute approximate surface area is 220 Å². The Kier molecular flexibility index (Phi) is 10.3. The van der Waals surface area contributed by atoms with Gasteiger partial charge in [-0.3, -0.25) is 9.59 Å². The molecular formula is C30H38N2O5. The van der Waals surface area contributed by atoms with Crippen LogP contribution < -0.4 is 9.47 Å². The number of Topliss-reactive ketones (excluding diaryl/α,β-unsaturated/α-hetero) is 1. The van der Waals surface area contributed by atoms with Crippen LogP contribution in [0.5, 0.6) is 11.5 Å². The summed E-state index contributed by atoms with van der Waals surface area (Å²) in [6.45, 7) is 13.9. The molecule has 0 radical (unpaired) electrons. The zero-order chi connectivity index (χ0) is 26.8. The minimum atomic E-state index is -0.722. The van der Waals surface area contributed by atoms with E-state index in [1.807, 2.05) is 31.2 Å². The van der Waals surface area contributed by atoms with Crippen molar-refractivity contribution in [2.24, 2.45) is 0 Å². The van der Waals surface area contributed by atoms with E-state index in [1.165, 1.54) is 0 Å². The SMILES string of the molecule is C=CCOc1cccc(C2C(=C(O)c3ccc(OCCC)cc3)C(=O)C(=O)N2CCCN(CC)CC)c1. The molecule has 0 spiro atoms. The van der Waals surface area contributed by atoms with Crippen LogP contribution >= 0.6 is 0 Å². The first-order valence-electron chi connectivity index (χ1n) is 13.0. The summed E-state index contributed by atoms with van der Waals surface area (Å²) in [6.07, 6.45) is 3.25. The first kappa shape index (κ1) is 28.0. The van der Waals surface area contributed by atoms with Crippen LogP contribution in [0.3, 0.4) is 0 Å². The first-order chi connectivity index (χ1) is 17.9. The summed E-state index contributed by atoms with van der Waals surface area (Å²) in [4.78, 5) is 30.4. The Hall–Kier alpha value is -3.58. The molecule has 37 heavy (non-hydrogen) atoms. The molecule has 7 heteroatoms. The van der Waals surface area contributed by atoms with Gasteiger partial charge in [-0.2, -0.15) is 0 Å². The van der Waals surface area contributed by atoms with E-state index >= 15 is 0 Å². The van der Waals surface area contributed by atoms with E-state index in [0.29, 0.717) is 48.8 Å². The van der Waals surface area contributed by atoms with Crippen molar-refractivity contribution in [2.45, 2.75) is 39.7 Å². The standard InChI is InChI=1S/C30H38N2O5/c1-5-19-36-24-15-13-22(14-16-24)28(33)26-27(23-11-9-12-25(21-23)37-20-6-2)32(30(35)29(26)34)18-10-17-31(7-3)8-4/h6,9,11-16,21,27,33H,2,5,7-8,10,17-20H2,1,3-4H3. The predicted octanol–water partition coefficient (Wildman–Crippen LogP) is 5.19. The largest absolute Gasteiger partial charge is 0.507 e. The lowest BCUT2D eigenvalue weighted by Gasteiger charge is -2.27. The summed E-state index contributed by atoms with van der Waals surface area (Å²) in [5, 5.41) is 11.3. The topological polar surface area (TPSA) is 79.3 Å². The Bertz CT molecular complexity index is 1110. The Morgan fingerprint density at radius 2 is 1.78 bits per heavy atom. The van der Waals surface area contributed by atoms with E-state index < -0.39 is 17.7 Å². The van der Waals surface area contributed by atoms with Gasteiger partial charge in [-0.15, -0.1) is 0 Å². The van der Waals surface area contributed by atoms with Crippen LogP contribution in [0, 0.1) is 0 Å². The maximum Gasteiger partial charge on any atom is 0.295 e. The van der Waals surface area contributed by atoms with Crippen molar-refractivity contribution in [3.05, 3.63) is 77.9 Å². The fourth-order valence-corrected chi connectivity index (χ4v) is 4.48. The molecule has 0 saturated carbocycles. The van der Waals surface area contributed by atoms with Gasteiger partial charge in [-0.05, 0) is 74.4 Å². The van der Waals surface area contributed by atoms with Crippen molar-refractivity contribution < 1.29 is 24.2 Å². The minimum absolute atomic E-state index is 0.0796. The molecule has 1 fully saturated rings. The Morgan fingerprint density at radius 1 is 1.05 bits per heavy atom. The van der Waals surface area contributed by atoms with Crippen molar-refractivity contribution in [1.29, 1.82) is 0 Å². The van der Waals surface area contributed by atoms with Gasteiger partial charge in [0.1, 0.15) is 23.9 Å². The second-order valence-corrected chi connectivity index (χ2v) is 8.92. The maximum absolute atomic E-state index is 13.3. The van der Waals surface area contributed by atoms with E-state index in [4.69, 9.17) is 9.47 Å². The van der Waals surface area contributed by atoms with Gasteiger partial charge >= 0.3 is 0 Å². The smallest absolute Gasteiger partial charge is 0.295 e. The van der Waals surface area contributed by atoms with Gasteiger partial charge in [0.2, 0.25) is 0 Å². The third kappa shape index (κ3) is 6.80. The third-order valence-corrected chi connectivity index (χ3v) is 6.45. The van der Waals surface area contributed by atoms with Crippen LogP contribution in [-0.2, 0) is 9.59 Å². The lowest BCUT2D eigenvalue weighted by atomic mass is 9.95. The highest BCUT2D eigenvalue weighted by atomic mass is 16.5. The first-order valence-corrected chi connectivity index (χ1v) is 13.0. The summed E-state index contributed by atoms with van der Waals surface area (Å²) in [5.41, 5.74) is 1.23. The highest BCUT2D eigenvalue weighted by molar-refractivity contribution is 6.46. The van der Waals surface area contributed by atoms with Crippen molar-refractivity contribution in [3.8, 4) is 11.5 Å². The number of amides is 1. The van der Waals surface area contributed by atoms with Gasteiger partial charge < -0.3 is 24.4 Å². The van der Waals surface area contributed by atoms with E-state index in [0.717, 1.165) is 26.1 Å². The molecule has 0 aliphatic carbocycles. The highest BCUT2D eigenvalue weighted by Crippen LogP contribution is 2.40. The predicted molar refractivity (Wildman–Crippen MR) is 146 cm³/mol. The maximum atomic E-state index is 13.3. The molecule has 1 saturated heterocycles. The number of carbonyl (C=O) groups is 2. The number of carbonyl (C=O) groups excluding carboxylic acids is 2. The van der Waals surface area contributed by atoms with Crippen molar-refractivity contribution in [3.63, 3.8) is 0 Å². The van der Waals surface area contributed by atoms with Crippen LogP contribution in [0.15, 0.2) is 66.8 Å². The minimum Gasteiger partial charge on any atom is -0.507 e. The summed E-state index contributed by atoms with van der Waals surface area (Å²) in [6, 6.07) is 13.5. The summed E-state index contributed by atoms with van der Waals surface area (Å²) in [5.74, 6) is -0.211. The number of benzene rings is 2. The van der Waals surface area contributed by atoms with Gasteiger partial charge in [0, 0.05) is 12.1 Å². The molecular weight excluding hydrogens is 468 g/mol. The van der Waals surface area contributed by atoms with Gasteiger partial charge in [0.25, 0.3) is 11.7 Å². The Morgan fingerprint density at radius 3 is 2.43 bits per heavy atom. The van der Waals surface area contributed by atoms with E-state index in [9.17, 15) is 14.7 Å². The average Bonchev–Trinajstić information content (AvgIpc) is 3.18. The molecule has 3 rings (SSSR count). The molecule has 198 valence electrons. The molecule has 0 bridgehead atoms. The van der Waals surface area contributed by atoms with Gasteiger partial charge in [0.05, 0.1) is 18.2 Å². The molecule has 1 N–H and O–H groups in total. The zero-order valence-electron chi connectivity index (χ0n) is 22.1. The lowest BCUT2D eigenvalue weighted by Crippen LogP contribution is -2.33. The third-order valence-electron chi connectivity index (χ3n) is 6.45. The molecule has 1 aliphatic heterocycles. The molecule has 1 amide bonds. The summed E-state index contributed by atoms with van der Waals surface area (Å²) in [7, 11) is 0. The van der Waals surface area contributed by atoms with Gasteiger partial charge in [-0.25, -0.2) is 0 Å². The summed E-state index contributed by atoms with van der Waals surface area (Å²) < 4.78 is 11.3. The van der Waals surface area contributed by atoms with Crippen LogP contribution in [0.4, 0.5) is 0 Å². The number of hydrogen-bond acceptors (Lipinski definition) is 6. The Balaban J connectivity index is 2.01. The number of ether oxygens (including phenoxy) is 2. The van der Waals surface area contributed by atoms with E-state index in [-0.39, 0.29) is 11.3 Å². The highest BCUT2D eigenvalue weighted by Gasteiger charge is 2.45. The van der Waals surface area contributed by atoms with Crippen LogP contribution in [-0.4, -0.2) is 66.0 Å². The molecule has 1 aliphatic rings. The molecule has 2 aromatic rings. The fourth-order valence-electron chi connectivity index (χ4n) is 4.48. The van der Waals surface area contributed by atoms with Crippen LogP contribution in [0.1, 0.15) is 50.8 Å². The van der Waals surface area contributed by atoms with E-state index in [2.05, 4.69) is 25.3 Å². The number of ketones is 1. The van der Waals surface area contributed by atoms with Gasteiger partial charge in [0.15, 0.2) is 0 Å². The molecule has 1 unspecified atom stereocenters. The monoisotopic (exact) mass is 506 g/mol. The number of aliphatic hydroxyl groups is 1. The fraction of sp³-hybridized carbons (Fsp3) is 0.400. The molecule has 7 nitrogen and oxygen atoms in total. The zero-order valence-corrected chi connectivity index (χ0v) is 22.1. The van der Waals surface area contributed by atoms with Crippen LogP contribution in [0.2, 0.25) is 0 Å². The van der Waals surface area contributed by atoms with E-state index in [1.54, 1.807) is 35.2 Å². The van der Waals surface area contributed by atoms with Crippen molar-refractivity contribution in [1.82, 2.24) is 9.80 Å². The number of hydrogen-bond donors (Lipinski definition) is 1. The van der Waals surface area contributed by atoms with Crippen LogP contribution in [0.25, 0.3) is 5.76 Å². The number of aliphatic hydroxyl groups excluding tert-OH is 1.